The second-order valence-electron chi connectivity index (χ2n) is 4.14. The normalized spacial score (nSPS) is 12.0. The molecule has 0 atom stereocenters. The molecule has 0 saturated heterocycles. The van der Waals surface area contributed by atoms with Gasteiger partial charge in [-0.1, -0.05) is 36.4 Å². The Morgan fingerprint density at radius 2 is 1.48 bits per heavy atom. The number of carbonyl (C=O) groups is 1. The summed E-state index contributed by atoms with van der Waals surface area (Å²) >= 11 is 0. The lowest BCUT2D eigenvalue weighted by molar-refractivity contribution is -0.132. The maximum Gasteiger partial charge on any atom is 0.309 e. The summed E-state index contributed by atoms with van der Waals surface area (Å²) in [6.07, 6.45) is 0. The molecule has 0 radical (unpaired) electrons. The largest absolute Gasteiger partial charge is 0.406 e. The molecular weight excluding hydrogens is 290 g/mol. The minimum atomic E-state index is -3.94. The molecule has 0 bridgehead atoms. The zero-order chi connectivity index (χ0) is 15.3. The highest BCUT2D eigenvalue weighted by molar-refractivity contribution is 7.90. The average Bonchev–Trinajstić information content (AvgIpc) is 2.48. The number of carbonyl (C=O) groups excluding carboxylic acids is 1. The lowest BCUT2D eigenvalue weighted by Gasteiger charge is -2.06. The van der Waals surface area contributed by atoms with Crippen LogP contribution in [0.3, 0.4) is 0 Å². The minimum Gasteiger partial charge on any atom is -0.406 e. The van der Waals surface area contributed by atoms with Crippen molar-refractivity contribution in [3.63, 3.8) is 0 Å². The van der Waals surface area contributed by atoms with Crippen LogP contribution in [0.1, 0.15) is 12.5 Å². The third-order valence-corrected chi connectivity index (χ3v) is 3.78. The van der Waals surface area contributed by atoms with Crippen LogP contribution in [0.25, 0.3) is 0 Å². The summed E-state index contributed by atoms with van der Waals surface area (Å²) in [4.78, 5) is 11.2. The predicted octanol–water partition coefficient (Wildman–Crippen LogP) is 2.39. The van der Waals surface area contributed by atoms with Crippen LogP contribution < -0.4 is 0 Å². The van der Waals surface area contributed by atoms with Gasteiger partial charge in [-0.25, -0.2) is 0 Å². The highest BCUT2D eigenvalue weighted by atomic mass is 32.2. The highest BCUT2D eigenvalue weighted by Gasteiger charge is 2.17. The second-order valence-corrected chi connectivity index (χ2v) is 5.75. The summed E-state index contributed by atoms with van der Waals surface area (Å²) < 4.78 is 33.0. The number of hydrogen-bond donors (Lipinski definition) is 0. The van der Waals surface area contributed by atoms with Gasteiger partial charge in [-0.2, -0.15) is 8.42 Å². The number of rotatable bonds is 3. The molecule has 108 valence electrons. The fourth-order valence-corrected chi connectivity index (χ4v) is 2.57. The number of nitrogens with zero attached hydrogens (tertiary/aromatic N) is 1. The van der Waals surface area contributed by atoms with E-state index in [4.69, 9.17) is 4.74 Å². The van der Waals surface area contributed by atoms with E-state index in [-0.39, 0.29) is 10.8 Å². The van der Waals surface area contributed by atoms with Crippen molar-refractivity contribution >= 4 is 21.9 Å². The zero-order valence-electron chi connectivity index (χ0n) is 11.3. The van der Waals surface area contributed by atoms with Gasteiger partial charge in [-0.15, -0.1) is 4.40 Å². The minimum absolute atomic E-state index is 0.0329. The molecule has 5 nitrogen and oxygen atoms in total. The van der Waals surface area contributed by atoms with E-state index in [1.54, 1.807) is 48.5 Å². The Morgan fingerprint density at radius 1 is 0.952 bits per heavy atom. The molecule has 0 spiro atoms. The molecular formula is C15H13NO4S. The van der Waals surface area contributed by atoms with Gasteiger partial charge in [0.1, 0.15) is 0 Å². The fraction of sp³-hybridized carbons (Fsp3) is 0.0667. The molecule has 0 amide bonds. The smallest absolute Gasteiger partial charge is 0.309 e. The Kier molecular flexibility index (Phi) is 4.49. The van der Waals surface area contributed by atoms with E-state index in [0.29, 0.717) is 5.56 Å². The first-order valence-electron chi connectivity index (χ1n) is 6.13. The maximum absolute atomic E-state index is 12.2. The van der Waals surface area contributed by atoms with Crippen molar-refractivity contribution in [1.29, 1.82) is 0 Å². The Bertz CT molecular complexity index is 753. The first-order chi connectivity index (χ1) is 9.99. The molecule has 0 unspecified atom stereocenters. The zero-order valence-corrected chi connectivity index (χ0v) is 12.1. The molecule has 0 aromatic heterocycles. The molecule has 0 aliphatic carbocycles. The molecule has 2 aromatic rings. The van der Waals surface area contributed by atoms with Gasteiger partial charge >= 0.3 is 5.97 Å². The Morgan fingerprint density at radius 3 is 2.00 bits per heavy atom. The summed E-state index contributed by atoms with van der Waals surface area (Å²) in [6.45, 7) is 1.19. The fourth-order valence-electron chi connectivity index (χ4n) is 1.60. The van der Waals surface area contributed by atoms with Crippen LogP contribution in [0.15, 0.2) is 70.0 Å². The van der Waals surface area contributed by atoms with Gasteiger partial charge in [0.05, 0.1) is 4.90 Å². The van der Waals surface area contributed by atoms with Crippen LogP contribution in [0.4, 0.5) is 0 Å². The van der Waals surface area contributed by atoms with Crippen molar-refractivity contribution in [3.05, 3.63) is 66.2 Å². The van der Waals surface area contributed by atoms with E-state index in [9.17, 15) is 13.2 Å². The lowest BCUT2D eigenvalue weighted by Crippen LogP contribution is -2.13. The number of ether oxygens (including phenoxy) is 1. The number of hydrogen-bond acceptors (Lipinski definition) is 4. The summed E-state index contributed by atoms with van der Waals surface area (Å²) in [5, 5.41) is 0. The van der Waals surface area contributed by atoms with Crippen molar-refractivity contribution < 1.29 is 17.9 Å². The highest BCUT2D eigenvalue weighted by Crippen LogP contribution is 2.14. The van der Waals surface area contributed by atoms with Gasteiger partial charge < -0.3 is 4.74 Å². The molecule has 0 aliphatic rings. The third kappa shape index (κ3) is 4.00. The van der Waals surface area contributed by atoms with Gasteiger partial charge in [0.2, 0.25) is 5.90 Å². The molecule has 0 heterocycles. The van der Waals surface area contributed by atoms with Gasteiger partial charge in [0.15, 0.2) is 0 Å². The van der Waals surface area contributed by atoms with Gasteiger partial charge in [-0.3, -0.25) is 4.79 Å². The number of benzene rings is 2. The van der Waals surface area contributed by atoms with Crippen LogP contribution >= 0.6 is 0 Å². The van der Waals surface area contributed by atoms with E-state index < -0.39 is 16.0 Å². The SMILES string of the molecule is CC(=O)OC(=NS(=O)(=O)c1ccccc1)c1ccccc1. The first-order valence-corrected chi connectivity index (χ1v) is 7.57. The predicted molar refractivity (Wildman–Crippen MR) is 78.4 cm³/mol. The number of sulfonamides is 1. The maximum atomic E-state index is 12.2. The van der Waals surface area contributed by atoms with Crippen LogP contribution in [0, 0.1) is 0 Å². The molecule has 2 rings (SSSR count). The van der Waals surface area contributed by atoms with Gasteiger partial charge in [-0.05, 0) is 24.3 Å². The molecule has 6 heteroatoms. The van der Waals surface area contributed by atoms with E-state index >= 15 is 0 Å². The van der Waals surface area contributed by atoms with Gasteiger partial charge in [0, 0.05) is 12.5 Å². The molecule has 0 saturated carbocycles. The topological polar surface area (TPSA) is 72.8 Å². The molecule has 2 aromatic carbocycles. The van der Waals surface area contributed by atoms with E-state index in [2.05, 4.69) is 4.40 Å². The van der Waals surface area contributed by atoms with Crippen LogP contribution in [-0.4, -0.2) is 20.3 Å². The van der Waals surface area contributed by atoms with Crippen LogP contribution in [-0.2, 0) is 19.6 Å². The number of esters is 1. The molecule has 0 fully saturated rings. The van der Waals surface area contributed by atoms with Crippen molar-refractivity contribution in [1.82, 2.24) is 0 Å². The summed E-state index contributed by atoms with van der Waals surface area (Å²) in [7, 11) is -3.94. The summed E-state index contributed by atoms with van der Waals surface area (Å²) in [5.41, 5.74) is 0.409. The quantitative estimate of drug-likeness (QED) is 0.496. The third-order valence-electron chi connectivity index (χ3n) is 2.51. The average molecular weight is 303 g/mol. The Labute approximate surface area is 123 Å². The van der Waals surface area contributed by atoms with Crippen molar-refractivity contribution in [2.24, 2.45) is 4.40 Å². The van der Waals surface area contributed by atoms with Crippen LogP contribution in [0.2, 0.25) is 0 Å². The van der Waals surface area contributed by atoms with Crippen molar-refractivity contribution in [3.8, 4) is 0 Å². The second kappa shape index (κ2) is 6.32. The molecule has 0 aliphatic heterocycles. The standard InChI is InChI=1S/C15H13NO4S/c1-12(17)20-15(13-8-4-2-5-9-13)16-21(18,19)14-10-6-3-7-11-14/h2-11H,1H3. The van der Waals surface area contributed by atoms with Crippen molar-refractivity contribution in [2.45, 2.75) is 11.8 Å². The molecule has 0 N–H and O–H groups in total. The van der Waals surface area contributed by atoms with E-state index in [1.165, 1.54) is 19.1 Å². The first kappa shape index (κ1) is 14.9. The lowest BCUT2D eigenvalue weighted by atomic mass is 10.2. The van der Waals surface area contributed by atoms with Crippen molar-refractivity contribution in [2.75, 3.05) is 0 Å². The summed E-state index contributed by atoms with van der Waals surface area (Å²) in [5.74, 6) is -0.882. The van der Waals surface area contributed by atoms with Crippen LogP contribution in [0.5, 0.6) is 0 Å². The molecule has 21 heavy (non-hydrogen) atoms. The Balaban J connectivity index is 2.48. The Hall–Kier alpha value is -2.47. The summed E-state index contributed by atoms with van der Waals surface area (Å²) in [6, 6.07) is 16.1. The van der Waals surface area contributed by atoms with E-state index in [1.807, 2.05) is 0 Å². The van der Waals surface area contributed by atoms with E-state index in [0.717, 1.165) is 0 Å². The van der Waals surface area contributed by atoms with Gasteiger partial charge in [0.25, 0.3) is 10.0 Å². The monoisotopic (exact) mass is 303 g/mol.